The molecular formula is C20H18O2. The van der Waals surface area contributed by atoms with Crippen molar-refractivity contribution in [2.75, 3.05) is 0 Å². The van der Waals surface area contributed by atoms with Crippen molar-refractivity contribution in [3.05, 3.63) is 83.9 Å². The van der Waals surface area contributed by atoms with Gasteiger partial charge in [0.1, 0.15) is 11.5 Å². The van der Waals surface area contributed by atoms with Crippen LogP contribution in [0.2, 0.25) is 0 Å². The van der Waals surface area contributed by atoms with Crippen molar-refractivity contribution < 1.29 is 10.2 Å². The van der Waals surface area contributed by atoms with E-state index in [-0.39, 0.29) is 11.5 Å². The Morgan fingerprint density at radius 2 is 1.32 bits per heavy atom. The maximum absolute atomic E-state index is 9.79. The summed E-state index contributed by atoms with van der Waals surface area (Å²) in [6, 6.07) is 22.9. The summed E-state index contributed by atoms with van der Waals surface area (Å²) in [6.07, 6.45) is 1.78. The molecule has 22 heavy (non-hydrogen) atoms. The van der Waals surface area contributed by atoms with Crippen molar-refractivity contribution >= 4 is 0 Å². The number of aryl methyl sites for hydroxylation is 2. The third kappa shape index (κ3) is 3.29. The quantitative estimate of drug-likeness (QED) is 0.740. The molecule has 3 rings (SSSR count). The van der Waals surface area contributed by atoms with Crippen LogP contribution in [-0.2, 0) is 12.8 Å². The van der Waals surface area contributed by atoms with E-state index in [1.807, 2.05) is 42.5 Å². The standard InChI is InChI=1S/C20H18O2/c21-18-10-8-16(9-11-18)20-13-12-19(22)14-17(20)7-6-15-4-2-1-3-5-15/h1-5,8-14,21-22H,6-7H2. The van der Waals surface area contributed by atoms with Crippen LogP contribution in [0.5, 0.6) is 11.5 Å². The Morgan fingerprint density at radius 3 is 2.05 bits per heavy atom. The molecule has 2 nitrogen and oxygen atoms in total. The lowest BCUT2D eigenvalue weighted by molar-refractivity contribution is 0.474. The van der Waals surface area contributed by atoms with E-state index in [2.05, 4.69) is 12.1 Å². The Kier molecular flexibility index (Phi) is 4.10. The maximum atomic E-state index is 9.79. The van der Waals surface area contributed by atoms with E-state index in [0.717, 1.165) is 29.5 Å². The molecule has 0 radical (unpaired) electrons. The van der Waals surface area contributed by atoms with Gasteiger partial charge in [-0.25, -0.2) is 0 Å². The molecule has 0 atom stereocenters. The molecule has 0 aliphatic carbocycles. The summed E-state index contributed by atoms with van der Waals surface area (Å²) in [7, 11) is 0. The highest BCUT2D eigenvalue weighted by molar-refractivity contribution is 5.69. The van der Waals surface area contributed by atoms with E-state index in [1.165, 1.54) is 5.56 Å². The molecule has 0 heterocycles. The number of hydrogen-bond donors (Lipinski definition) is 2. The molecule has 0 aliphatic heterocycles. The second kappa shape index (κ2) is 6.35. The van der Waals surface area contributed by atoms with Gasteiger partial charge in [-0.2, -0.15) is 0 Å². The van der Waals surface area contributed by atoms with Crippen LogP contribution in [0.25, 0.3) is 11.1 Å². The van der Waals surface area contributed by atoms with Crippen LogP contribution in [0.4, 0.5) is 0 Å². The number of aromatic hydroxyl groups is 2. The number of phenolic OH excluding ortho intramolecular Hbond substituents is 2. The van der Waals surface area contributed by atoms with Gasteiger partial charge < -0.3 is 10.2 Å². The second-order valence-electron chi connectivity index (χ2n) is 5.37. The first-order valence-electron chi connectivity index (χ1n) is 7.37. The van der Waals surface area contributed by atoms with Gasteiger partial charge in [0, 0.05) is 0 Å². The Balaban J connectivity index is 1.89. The fourth-order valence-corrected chi connectivity index (χ4v) is 2.63. The number of phenols is 2. The molecule has 0 unspecified atom stereocenters. The molecule has 0 fully saturated rings. The summed E-state index contributed by atoms with van der Waals surface area (Å²) in [5.41, 5.74) is 4.52. The molecule has 0 saturated heterocycles. The Labute approximate surface area is 130 Å². The molecule has 0 bridgehead atoms. The van der Waals surface area contributed by atoms with Crippen LogP contribution in [0.3, 0.4) is 0 Å². The number of benzene rings is 3. The van der Waals surface area contributed by atoms with E-state index in [9.17, 15) is 10.2 Å². The van der Waals surface area contributed by atoms with Crippen LogP contribution in [0.1, 0.15) is 11.1 Å². The fourth-order valence-electron chi connectivity index (χ4n) is 2.63. The zero-order valence-electron chi connectivity index (χ0n) is 12.2. The van der Waals surface area contributed by atoms with Crippen molar-refractivity contribution in [3.8, 4) is 22.6 Å². The average Bonchev–Trinajstić information content (AvgIpc) is 2.55. The first kappa shape index (κ1) is 14.2. The van der Waals surface area contributed by atoms with Gasteiger partial charge in [-0.3, -0.25) is 0 Å². The number of hydrogen-bond acceptors (Lipinski definition) is 2. The number of rotatable bonds is 4. The average molecular weight is 290 g/mol. The van der Waals surface area contributed by atoms with Crippen molar-refractivity contribution in [1.82, 2.24) is 0 Å². The topological polar surface area (TPSA) is 40.5 Å². The first-order chi connectivity index (χ1) is 10.7. The Morgan fingerprint density at radius 1 is 0.636 bits per heavy atom. The predicted octanol–water partition coefficient (Wildman–Crippen LogP) is 4.55. The molecule has 0 spiro atoms. The summed E-state index contributed by atoms with van der Waals surface area (Å²) in [4.78, 5) is 0. The minimum absolute atomic E-state index is 0.258. The molecule has 2 N–H and O–H groups in total. The molecular weight excluding hydrogens is 272 g/mol. The van der Waals surface area contributed by atoms with Gasteiger partial charge in [0.05, 0.1) is 0 Å². The summed E-state index contributed by atoms with van der Waals surface area (Å²) in [5.74, 6) is 0.541. The van der Waals surface area contributed by atoms with Crippen LogP contribution < -0.4 is 0 Å². The van der Waals surface area contributed by atoms with Crippen LogP contribution in [-0.4, -0.2) is 10.2 Å². The highest BCUT2D eigenvalue weighted by atomic mass is 16.3. The Bertz CT molecular complexity index is 746. The van der Waals surface area contributed by atoms with Crippen molar-refractivity contribution in [1.29, 1.82) is 0 Å². The lowest BCUT2D eigenvalue weighted by atomic mass is 9.95. The lowest BCUT2D eigenvalue weighted by Crippen LogP contribution is -1.94. The van der Waals surface area contributed by atoms with Crippen LogP contribution >= 0.6 is 0 Å². The maximum Gasteiger partial charge on any atom is 0.115 e. The smallest absolute Gasteiger partial charge is 0.115 e. The van der Waals surface area contributed by atoms with Gasteiger partial charge >= 0.3 is 0 Å². The van der Waals surface area contributed by atoms with Gasteiger partial charge in [-0.15, -0.1) is 0 Å². The van der Waals surface area contributed by atoms with Crippen molar-refractivity contribution in [2.24, 2.45) is 0 Å². The van der Waals surface area contributed by atoms with Gasteiger partial charge in [-0.05, 0) is 59.4 Å². The van der Waals surface area contributed by atoms with E-state index >= 15 is 0 Å². The molecule has 0 amide bonds. The summed E-state index contributed by atoms with van der Waals surface area (Å²) >= 11 is 0. The highest BCUT2D eigenvalue weighted by Crippen LogP contribution is 2.29. The third-order valence-electron chi connectivity index (χ3n) is 3.79. The summed E-state index contributed by atoms with van der Waals surface area (Å²) in [6.45, 7) is 0. The van der Waals surface area contributed by atoms with E-state index in [4.69, 9.17) is 0 Å². The molecule has 0 saturated carbocycles. The van der Waals surface area contributed by atoms with Gasteiger partial charge in [0.25, 0.3) is 0 Å². The van der Waals surface area contributed by atoms with Crippen molar-refractivity contribution in [2.45, 2.75) is 12.8 Å². The minimum atomic E-state index is 0.258. The normalized spacial score (nSPS) is 10.5. The molecule has 3 aromatic rings. The molecule has 2 heteroatoms. The monoisotopic (exact) mass is 290 g/mol. The van der Waals surface area contributed by atoms with Gasteiger partial charge in [0.2, 0.25) is 0 Å². The van der Waals surface area contributed by atoms with Gasteiger partial charge in [-0.1, -0.05) is 48.5 Å². The first-order valence-corrected chi connectivity index (χ1v) is 7.37. The zero-order valence-corrected chi connectivity index (χ0v) is 12.2. The second-order valence-corrected chi connectivity index (χ2v) is 5.37. The highest BCUT2D eigenvalue weighted by Gasteiger charge is 2.07. The fraction of sp³-hybridized carbons (Fsp3) is 0.100. The van der Waals surface area contributed by atoms with Gasteiger partial charge in [0.15, 0.2) is 0 Å². The van der Waals surface area contributed by atoms with E-state index in [1.54, 1.807) is 18.2 Å². The summed E-state index contributed by atoms with van der Waals surface area (Å²) < 4.78 is 0. The van der Waals surface area contributed by atoms with E-state index in [0.29, 0.717) is 0 Å². The molecule has 110 valence electrons. The molecule has 0 aliphatic rings. The SMILES string of the molecule is Oc1ccc(-c2ccc(O)cc2CCc2ccccc2)cc1. The third-order valence-corrected chi connectivity index (χ3v) is 3.79. The zero-order chi connectivity index (χ0) is 15.4. The minimum Gasteiger partial charge on any atom is -0.508 e. The Hall–Kier alpha value is -2.74. The van der Waals surface area contributed by atoms with E-state index < -0.39 is 0 Å². The largest absolute Gasteiger partial charge is 0.508 e. The predicted molar refractivity (Wildman–Crippen MR) is 89.1 cm³/mol. The lowest BCUT2D eigenvalue weighted by Gasteiger charge is -2.11. The molecule has 0 aromatic heterocycles. The molecule has 3 aromatic carbocycles. The summed E-state index contributed by atoms with van der Waals surface area (Å²) in [5, 5.41) is 19.2. The van der Waals surface area contributed by atoms with Crippen LogP contribution in [0.15, 0.2) is 72.8 Å². The van der Waals surface area contributed by atoms with Crippen molar-refractivity contribution in [3.63, 3.8) is 0 Å². The van der Waals surface area contributed by atoms with Crippen LogP contribution in [0, 0.1) is 0 Å².